The fourth-order valence-electron chi connectivity index (χ4n) is 2.45. The van der Waals surface area contributed by atoms with Gasteiger partial charge in [-0.2, -0.15) is 4.31 Å². The fourth-order valence-corrected chi connectivity index (χ4v) is 4.18. The number of hydrogen-bond donors (Lipinski definition) is 2. The number of benzene rings is 1. The van der Waals surface area contributed by atoms with Crippen LogP contribution in [-0.4, -0.2) is 31.2 Å². The summed E-state index contributed by atoms with van der Waals surface area (Å²) in [7, 11) is -3.71. The molecule has 0 saturated carbocycles. The van der Waals surface area contributed by atoms with Crippen molar-refractivity contribution in [3.8, 4) is 0 Å². The molecule has 1 aromatic carbocycles. The van der Waals surface area contributed by atoms with Crippen LogP contribution in [0.1, 0.15) is 24.8 Å². The third kappa shape index (κ3) is 2.84. The number of sulfonamides is 1. The van der Waals surface area contributed by atoms with Crippen molar-refractivity contribution in [1.29, 1.82) is 0 Å². The van der Waals surface area contributed by atoms with E-state index in [1.54, 1.807) is 18.2 Å². The van der Waals surface area contributed by atoms with E-state index in [2.05, 4.69) is 0 Å². The van der Waals surface area contributed by atoms with E-state index < -0.39 is 22.0 Å². The Labute approximate surface area is 118 Å². The Morgan fingerprint density at radius 3 is 2.75 bits per heavy atom. The van der Waals surface area contributed by atoms with Crippen molar-refractivity contribution in [2.75, 3.05) is 6.54 Å². The van der Waals surface area contributed by atoms with Crippen molar-refractivity contribution >= 4 is 15.9 Å². The highest BCUT2D eigenvalue weighted by Crippen LogP contribution is 2.25. The van der Waals surface area contributed by atoms with Crippen LogP contribution in [0.15, 0.2) is 29.2 Å². The van der Waals surface area contributed by atoms with Crippen LogP contribution in [0.5, 0.6) is 0 Å². The van der Waals surface area contributed by atoms with E-state index in [0.717, 1.165) is 18.4 Å². The second kappa shape index (κ2) is 5.90. The summed E-state index contributed by atoms with van der Waals surface area (Å²) in [4.78, 5) is 11.6. The topological polar surface area (TPSA) is 106 Å². The first-order valence-corrected chi connectivity index (χ1v) is 8.01. The SMILES string of the molecule is NCc1cccc(S(=O)(=O)N2CCCCC2C(N)=O)c1. The summed E-state index contributed by atoms with van der Waals surface area (Å²) < 4.78 is 26.5. The molecule has 110 valence electrons. The van der Waals surface area contributed by atoms with Gasteiger partial charge in [0.1, 0.15) is 6.04 Å². The van der Waals surface area contributed by atoms with Gasteiger partial charge in [-0.1, -0.05) is 18.6 Å². The number of rotatable bonds is 4. The van der Waals surface area contributed by atoms with Gasteiger partial charge in [0.05, 0.1) is 4.90 Å². The van der Waals surface area contributed by atoms with Crippen molar-refractivity contribution in [2.45, 2.75) is 36.7 Å². The molecule has 1 fully saturated rings. The zero-order valence-corrected chi connectivity index (χ0v) is 12.0. The molecule has 20 heavy (non-hydrogen) atoms. The highest BCUT2D eigenvalue weighted by atomic mass is 32.2. The number of piperidine rings is 1. The van der Waals surface area contributed by atoms with Crippen LogP contribution in [0.2, 0.25) is 0 Å². The molecule has 0 radical (unpaired) electrons. The summed E-state index contributed by atoms with van der Waals surface area (Å²) in [5, 5.41) is 0. The number of carbonyl (C=O) groups is 1. The van der Waals surface area contributed by atoms with Crippen LogP contribution in [0, 0.1) is 0 Å². The third-order valence-electron chi connectivity index (χ3n) is 3.52. The van der Waals surface area contributed by atoms with E-state index in [1.807, 2.05) is 0 Å². The third-order valence-corrected chi connectivity index (χ3v) is 5.43. The molecule has 2 rings (SSSR count). The van der Waals surface area contributed by atoms with Crippen molar-refractivity contribution in [3.63, 3.8) is 0 Å². The minimum absolute atomic E-state index is 0.161. The molecule has 1 amide bonds. The second-order valence-corrected chi connectivity index (χ2v) is 6.77. The van der Waals surface area contributed by atoms with Crippen molar-refractivity contribution < 1.29 is 13.2 Å². The summed E-state index contributed by atoms with van der Waals surface area (Å²) in [6.07, 6.45) is 2.02. The Hall–Kier alpha value is -1.44. The van der Waals surface area contributed by atoms with E-state index in [9.17, 15) is 13.2 Å². The minimum atomic E-state index is -3.71. The van der Waals surface area contributed by atoms with E-state index in [-0.39, 0.29) is 11.4 Å². The largest absolute Gasteiger partial charge is 0.368 e. The molecule has 1 atom stereocenters. The van der Waals surface area contributed by atoms with Gasteiger partial charge in [0.2, 0.25) is 15.9 Å². The number of amides is 1. The fraction of sp³-hybridized carbons (Fsp3) is 0.462. The molecule has 0 spiro atoms. The van der Waals surface area contributed by atoms with Gasteiger partial charge < -0.3 is 11.5 Å². The molecule has 0 bridgehead atoms. The molecular weight excluding hydrogens is 278 g/mol. The molecule has 1 aliphatic rings. The molecule has 1 saturated heterocycles. The zero-order chi connectivity index (χ0) is 14.8. The monoisotopic (exact) mass is 297 g/mol. The molecular formula is C13H19N3O3S. The molecule has 0 aromatic heterocycles. The molecule has 6 nitrogen and oxygen atoms in total. The lowest BCUT2D eigenvalue weighted by Gasteiger charge is -2.32. The van der Waals surface area contributed by atoms with Crippen LogP contribution in [0.3, 0.4) is 0 Å². The molecule has 0 aliphatic carbocycles. The molecule has 1 aromatic rings. The van der Waals surface area contributed by atoms with Gasteiger partial charge in [-0.15, -0.1) is 0 Å². The highest BCUT2D eigenvalue weighted by molar-refractivity contribution is 7.89. The first kappa shape index (κ1) is 15.0. The van der Waals surface area contributed by atoms with E-state index in [1.165, 1.54) is 10.4 Å². The standard InChI is InChI=1S/C13H19N3O3S/c14-9-10-4-3-5-11(8-10)20(18,19)16-7-2-1-6-12(16)13(15)17/h3-5,8,12H,1-2,6-7,9,14H2,(H2,15,17). The Balaban J connectivity index is 2.39. The molecule has 1 aliphatic heterocycles. The maximum absolute atomic E-state index is 12.6. The predicted molar refractivity (Wildman–Crippen MR) is 75.1 cm³/mol. The second-order valence-electron chi connectivity index (χ2n) is 4.88. The van der Waals surface area contributed by atoms with Gasteiger partial charge >= 0.3 is 0 Å². The number of carbonyl (C=O) groups excluding carboxylic acids is 1. The molecule has 1 unspecified atom stereocenters. The van der Waals surface area contributed by atoms with Crippen molar-refractivity contribution in [1.82, 2.24) is 4.31 Å². The lowest BCUT2D eigenvalue weighted by molar-refractivity contribution is -0.122. The Morgan fingerprint density at radius 2 is 2.10 bits per heavy atom. The predicted octanol–water partition coefficient (Wildman–Crippen LogP) is 0.174. The minimum Gasteiger partial charge on any atom is -0.368 e. The van der Waals surface area contributed by atoms with Crippen LogP contribution in [0.25, 0.3) is 0 Å². The summed E-state index contributed by atoms with van der Waals surface area (Å²) in [6, 6.07) is 5.72. The van der Waals surface area contributed by atoms with Crippen molar-refractivity contribution in [3.05, 3.63) is 29.8 Å². The van der Waals surface area contributed by atoms with Gasteiger partial charge in [0.15, 0.2) is 0 Å². The van der Waals surface area contributed by atoms with Crippen LogP contribution < -0.4 is 11.5 Å². The van der Waals surface area contributed by atoms with E-state index >= 15 is 0 Å². The Morgan fingerprint density at radius 1 is 1.35 bits per heavy atom. The van der Waals surface area contributed by atoms with E-state index in [0.29, 0.717) is 13.0 Å². The van der Waals surface area contributed by atoms with Gasteiger partial charge in [-0.3, -0.25) is 4.79 Å². The van der Waals surface area contributed by atoms with Crippen LogP contribution in [0.4, 0.5) is 0 Å². The van der Waals surface area contributed by atoms with Crippen LogP contribution >= 0.6 is 0 Å². The maximum atomic E-state index is 12.6. The van der Waals surface area contributed by atoms with Crippen LogP contribution in [-0.2, 0) is 21.4 Å². The lowest BCUT2D eigenvalue weighted by Crippen LogP contribution is -2.50. The number of hydrogen-bond acceptors (Lipinski definition) is 4. The smallest absolute Gasteiger partial charge is 0.243 e. The Bertz CT molecular complexity index is 601. The maximum Gasteiger partial charge on any atom is 0.243 e. The average Bonchev–Trinajstić information content (AvgIpc) is 2.47. The summed E-state index contributed by atoms with van der Waals surface area (Å²) >= 11 is 0. The lowest BCUT2D eigenvalue weighted by atomic mass is 10.0. The first-order chi connectivity index (χ1) is 9.46. The normalized spacial score (nSPS) is 20.8. The zero-order valence-electron chi connectivity index (χ0n) is 11.2. The summed E-state index contributed by atoms with van der Waals surface area (Å²) in [5.74, 6) is -0.594. The Kier molecular flexibility index (Phi) is 4.42. The van der Waals surface area contributed by atoms with Gasteiger partial charge in [-0.05, 0) is 30.5 Å². The molecule has 1 heterocycles. The van der Waals surface area contributed by atoms with Gasteiger partial charge in [0.25, 0.3) is 0 Å². The quantitative estimate of drug-likeness (QED) is 0.826. The highest BCUT2D eigenvalue weighted by Gasteiger charge is 2.36. The first-order valence-electron chi connectivity index (χ1n) is 6.57. The number of nitrogens with zero attached hydrogens (tertiary/aromatic N) is 1. The van der Waals surface area contributed by atoms with Gasteiger partial charge in [0, 0.05) is 13.1 Å². The molecule has 7 heteroatoms. The van der Waals surface area contributed by atoms with E-state index in [4.69, 9.17) is 11.5 Å². The van der Waals surface area contributed by atoms with Crippen molar-refractivity contribution in [2.24, 2.45) is 11.5 Å². The van der Waals surface area contributed by atoms with Gasteiger partial charge in [-0.25, -0.2) is 8.42 Å². The summed E-state index contributed by atoms with van der Waals surface area (Å²) in [5.41, 5.74) is 11.6. The number of nitrogens with two attached hydrogens (primary N) is 2. The molecule has 4 N–H and O–H groups in total. The number of primary amides is 1. The summed E-state index contributed by atoms with van der Waals surface area (Å²) in [6.45, 7) is 0.589. The average molecular weight is 297 g/mol.